The summed E-state index contributed by atoms with van der Waals surface area (Å²) in [5.41, 5.74) is 0. The van der Waals surface area contributed by atoms with Gasteiger partial charge in [-0.15, -0.1) is 0 Å². The molecule has 0 aromatic carbocycles. The third-order valence-electron chi connectivity index (χ3n) is 4.16. The first-order valence-electron chi connectivity index (χ1n) is 8.73. The Balaban J connectivity index is 1.96. The number of morpholine rings is 1. The van der Waals surface area contributed by atoms with Gasteiger partial charge in [-0.1, -0.05) is 74.2 Å². The monoisotopic (exact) mass is 361 g/mol. The van der Waals surface area contributed by atoms with Crippen molar-refractivity contribution < 1.29 is 9.53 Å². The minimum absolute atomic E-state index is 0.172. The van der Waals surface area contributed by atoms with Gasteiger partial charge >= 0.3 is 0 Å². The zero-order chi connectivity index (χ0) is 15.3. The molecule has 0 N–H and O–H groups in total. The summed E-state index contributed by atoms with van der Waals surface area (Å²) < 4.78 is 5.56. The third kappa shape index (κ3) is 8.82. The molecule has 124 valence electrons. The molecule has 0 radical (unpaired) electrons. The number of ether oxygens (including phenoxy) is 1. The SMILES string of the molecule is CCCCCCCCCCCC(=O)N1CCOC(CBr)C1. The van der Waals surface area contributed by atoms with E-state index in [0.717, 1.165) is 24.8 Å². The van der Waals surface area contributed by atoms with E-state index in [9.17, 15) is 4.79 Å². The van der Waals surface area contributed by atoms with Crippen LogP contribution in [0, 0.1) is 0 Å². The van der Waals surface area contributed by atoms with Crippen molar-refractivity contribution in [2.24, 2.45) is 0 Å². The Morgan fingerprint density at radius 1 is 1.10 bits per heavy atom. The van der Waals surface area contributed by atoms with Crippen LogP contribution in [0.5, 0.6) is 0 Å². The molecule has 1 saturated heterocycles. The summed E-state index contributed by atoms with van der Waals surface area (Å²) in [6.07, 6.45) is 12.6. The van der Waals surface area contributed by atoms with Crippen LogP contribution in [-0.4, -0.2) is 41.9 Å². The molecule has 3 nitrogen and oxygen atoms in total. The van der Waals surface area contributed by atoms with Crippen molar-refractivity contribution in [1.82, 2.24) is 4.90 Å². The Morgan fingerprint density at radius 2 is 1.71 bits per heavy atom. The Bertz CT molecular complexity index is 274. The molecule has 1 heterocycles. The molecule has 0 aromatic heterocycles. The average Bonchev–Trinajstić information content (AvgIpc) is 2.53. The number of carbonyl (C=O) groups is 1. The van der Waals surface area contributed by atoms with Crippen LogP contribution in [0.25, 0.3) is 0 Å². The van der Waals surface area contributed by atoms with Gasteiger partial charge in [0, 0.05) is 24.8 Å². The average molecular weight is 362 g/mol. The van der Waals surface area contributed by atoms with E-state index in [1.165, 1.54) is 51.4 Å². The maximum atomic E-state index is 12.1. The number of unbranched alkanes of at least 4 members (excludes halogenated alkanes) is 8. The molecule has 1 atom stereocenters. The van der Waals surface area contributed by atoms with Gasteiger partial charge in [0.05, 0.1) is 12.7 Å². The molecule has 4 heteroatoms. The van der Waals surface area contributed by atoms with E-state index < -0.39 is 0 Å². The predicted molar refractivity (Wildman–Crippen MR) is 92.0 cm³/mol. The quantitative estimate of drug-likeness (QED) is 0.399. The van der Waals surface area contributed by atoms with E-state index >= 15 is 0 Å². The van der Waals surface area contributed by atoms with Crippen molar-refractivity contribution in [3.63, 3.8) is 0 Å². The number of halogens is 1. The van der Waals surface area contributed by atoms with Crippen LogP contribution < -0.4 is 0 Å². The van der Waals surface area contributed by atoms with Gasteiger partial charge < -0.3 is 9.64 Å². The first kappa shape index (κ1) is 19.0. The number of amides is 1. The van der Waals surface area contributed by atoms with Gasteiger partial charge in [-0.3, -0.25) is 4.79 Å². The Kier molecular flexibility index (Phi) is 11.2. The second-order valence-electron chi connectivity index (χ2n) is 6.07. The standard InChI is InChI=1S/C17H32BrNO2/c1-2-3-4-5-6-7-8-9-10-11-17(20)19-12-13-21-16(14-18)15-19/h16H,2-15H2,1H3. The molecule has 0 spiro atoms. The number of alkyl halides is 1. The van der Waals surface area contributed by atoms with E-state index in [1.54, 1.807) is 0 Å². The molecule has 1 unspecified atom stereocenters. The molecule has 0 bridgehead atoms. The smallest absolute Gasteiger partial charge is 0.222 e. The lowest BCUT2D eigenvalue weighted by Crippen LogP contribution is -2.46. The summed E-state index contributed by atoms with van der Waals surface area (Å²) in [4.78, 5) is 14.1. The second kappa shape index (κ2) is 12.5. The summed E-state index contributed by atoms with van der Waals surface area (Å²) in [7, 11) is 0. The fourth-order valence-electron chi connectivity index (χ4n) is 2.78. The highest BCUT2D eigenvalue weighted by molar-refractivity contribution is 9.09. The highest BCUT2D eigenvalue weighted by Gasteiger charge is 2.22. The van der Waals surface area contributed by atoms with Gasteiger partial charge in [0.1, 0.15) is 0 Å². The largest absolute Gasteiger partial charge is 0.374 e. The molecular weight excluding hydrogens is 330 g/mol. The minimum atomic E-state index is 0.172. The summed E-state index contributed by atoms with van der Waals surface area (Å²) in [5, 5.41) is 0.814. The summed E-state index contributed by atoms with van der Waals surface area (Å²) in [5.74, 6) is 0.312. The molecule has 21 heavy (non-hydrogen) atoms. The van der Waals surface area contributed by atoms with Crippen LogP contribution in [0.4, 0.5) is 0 Å². The maximum absolute atomic E-state index is 12.1. The molecule has 0 saturated carbocycles. The maximum Gasteiger partial charge on any atom is 0.222 e. The molecule has 0 aromatic rings. The molecular formula is C17H32BrNO2. The van der Waals surface area contributed by atoms with E-state index in [-0.39, 0.29) is 6.10 Å². The first-order valence-corrected chi connectivity index (χ1v) is 9.85. The third-order valence-corrected chi connectivity index (χ3v) is 4.88. The van der Waals surface area contributed by atoms with Crippen molar-refractivity contribution in [2.75, 3.05) is 25.0 Å². The number of rotatable bonds is 11. The van der Waals surface area contributed by atoms with Gasteiger partial charge in [0.15, 0.2) is 0 Å². The Morgan fingerprint density at radius 3 is 2.33 bits per heavy atom. The number of nitrogens with zero attached hydrogens (tertiary/aromatic N) is 1. The zero-order valence-corrected chi connectivity index (χ0v) is 15.2. The van der Waals surface area contributed by atoms with Gasteiger partial charge in [-0.2, -0.15) is 0 Å². The van der Waals surface area contributed by atoms with E-state index in [1.807, 2.05) is 4.90 Å². The molecule has 1 fully saturated rings. The van der Waals surface area contributed by atoms with E-state index in [0.29, 0.717) is 18.9 Å². The lowest BCUT2D eigenvalue weighted by atomic mass is 10.1. The van der Waals surface area contributed by atoms with Crippen molar-refractivity contribution in [1.29, 1.82) is 0 Å². The van der Waals surface area contributed by atoms with Crippen LogP contribution in [0.2, 0.25) is 0 Å². The van der Waals surface area contributed by atoms with Gasteiger partial charge in [0.25, 0.3) is 0 Å². The second-order valence-corrected chi connectivity index (χ2v) is 6.71. The normalized spacial score (nSPS) is 19.0. The summed E-state index contributed by atoms with van der Waals surface area (Å²) >= 11 is 3.43. The molecule has 0 aliphatic carbocycles. The first-order chi connectivity index (χ1) is 10.3. The van der Waals surface area contributed by atoms with Gasteiger partial charge in [-0.05, 0) is 6.42 Å². The molecule has 1 amide bonds. The topological polar surface area (TPSA) is 29.5 Å². The minimum Gasteiger partial charge on any atom is -0.374 e. The zero-order valence-electron chi connectivity index (χ0n) is 13.6. The summed E-state index contributed by atoms with van der Waals surface area (Å²) in [6, 6.07) is 0. The van der Waals surface area contributed by atoms with Crippen LogP contribution >= 0.6 is 15.9 Å². The predicted octanol–water partition coefficient (Wildman–Crippen LogP) is 4.53. The molecule has 1 aliphatic heterocycles. The fourth-order valence-corrected chi connectivity index (χ4v) is 3.18. The van der Waals surface area contributed by atoms with Crippen LogP contribution in [0.1, 0.15) is 71.1 Å². The molecule has 1 rings (SSSR count). The van der Waals surface area contributed by atoms with Crippen LogP contribution in [0.3, 0.4) is 0 Å². The van der Waals surface area contributed by atoms with E-state index in [4.69, 9.17) is 4.74 Å². The highest BCUT2D eigenvalue weighted by Crippen LogP contribution is 2.13. The van der Waals surface area contributed by atoms with E-state index in [2.05, 4.69) is 22.9 Å². The number of carbonyl (C=O) groups excluding carboxylic acids is 1. The highest BCUT2D eigenvalue weighted by atomic mass is 79.9. The lowest BCUT2D eigenvalue weighted by molar-refractivity contribution is -0.138. The Hall–Kier alpha value is -0.0900. The Labute approximate surface area is 138 Å². The van der Waals surface area contributed by atoms with Crippen molar-refractivity contribution in [3.8, 4) is 0 Å². The summed E-state index contributed by atoms with van der Waals surface area (Å²) in [6.45, 7) is 4.45. The van der Waals surface area contributed by atoms with Gasteiger partial charge in [-0.25, -0.2) is 0 Å². The van der Waals surface area contributed by atoms with Crippen LogP contribution in [-0.2, 0) is 9.53 Å². The van der Waals surface area contributed by atoms with Crippen molar-refractivity contribution in [3.05, 3.63) is 0 Å². The van der Waals surface area contributed by atoms with Crippen molar-refractivity contribution in [2.45, 2.75) is 77.2 Å². The number of hydrogen-bond donors (Lipinski definition) is 0. The van der Waals surface area contributed by atoms with Crippen LogP contribution in [0.15, 0.2) is 0 Å². The fraction of sp³-hybridized carbons (Fsp3) is 0.941. The molecule has 1 aliphatic rings. The number of hydrogen-bond acceptors (Lipinski definition) is 2. The van der Waals surface area contributed by atoms with Crippen molar-refractivity contribution >= 4 is 21.8 Å². The van der Waals surface area contributed by atoms with Gasteiger partial charge in [0.2, 0.25) is 5.91 Å². The lowest BCUT2D eigenvalue weighted by Gasteiger charge is -2.32.